The lowest BCUT2D eigenvalue weighted by molar-refractivity contribution is 0.436. The zero-order valence-corrected chi connectivity index (χ0v) is 38.6. The minimum Gasteiger partial charge on any atom is -0.457 e. The Labute approximate surface area is 413 Å². The van der Waals surface area contributed by atoms with E-state index < -0.39 is 10.8 Å². The Morgan fingerprint density at radius 3 is 1.28 bits per heavy atom. The van der Waals surface area contributed by atoms with E-state index in [0.29, 0.717) is 0 Å². The van der Waals surface area contributed by atoms with Crippen LogP contribution in [0.4, 0.5) is 17.1 Å². The highest BCUT2D eigenvalue weighted by Gasteiger charge is 2.53. The first-order chi connectivity index (χ1) is 35.2. The van der Waals surface area contributed by atoms with Crippen LogP contribution in [0.2, 0.25) is 0 Å². The Bertz CT molecular complexity index is 3870. The van der Waals surface area contributed by atoms with Gasteiger partial charge in [-0.1, -0.05) is 206 Å². The van der Waals surface area contributed by atoms with Crippen LogP contribution in [0.1, 0.15) is 44.5 Å². The number of fused-ring (bicyclic) bond motifs is 18. The number of anilines is 3. The molecule has 0 unspecified atom stereocenters. The second-order valence-electron chi connectivity index (χ2n) is 19.0. The molecule has 2 aliphatic carbocycles. The first kappa shape index (κ1) is 39.8. The zero-order valence-electron chi connectivity index (χ0n) is 38.6. The number of benzene rings is 11. The van der Waals surface area contributed by atoms with Crippen LogP contribution < -0.4 is 14.4 Å². The van der Waals surface area contributed by atoms with Crippen LogP contribution in [0.5, 0.6) is 23.0 Å². The molecule has 0 radical (unpaired) electrons. The maximum Gasteiger partial charge on any atom is 0.132 e. The van der Waals surface area contributed by atoms with Crippen LogP contribution in [0.3, 0.4) is 0 Å². The lowest BCUT2D eigenvalue weighted by atomic mass is 9.66. The van der Waals surface area contributed by atoms with Crippen molar-refractivity contribution in [3.8, 4) is 67.5 Å². The summed E-state index contributed by atoms with van der Waals surface area (Å²) >= 11 is 0. The van der Waals surface area contributed by atoms with Crippen molar-refractivity contribution in [1.29, 1.82) is 0 Å². The smallest absolute Gasteiger partial charge is 0.132 e. The van der Waals surface area contributed by atoms with Gasteiger partial charge in [0, 0.05) is 39.1 Å². The summed E-state index contributed by atoms with van der Waals surface area (Å²) in [7, 11) is 0. The van der Waals surface area contributed by atoms with E-state index in [1.165, 1.54) is 44.5 Å². The lowest BCUT2D eigenvalue weighted by Gasteiger charge is -2.39. The van der Waals surface area contributed by atoms with Gasteiger partial charge in [-0.15, -0.1) is 0 Å². The van der Waals surface area contributed by atoms with E-state index in [-0.39, 0.29) is 0 Å². The topological polar surface area (TPSA) is 21.7 Å². The van der Waals surface area contributed by atoms with Gasteiger partial charge in [-0.3, -0.25) is 0 Å². The fourth-order valence-electron chi connectivity index (χ4n) is 12.8. The normalized spacial score (nSPS) is 14.1. The van der Waals surface area contributed by atoms with E-state index in [0.717, 1.165) is 84.6 Å². The molecule has 3 nitrogen and oxygen atoms in total. The molecule has 0 bridgehead atoms. The number of hydrogen-bond acceptors (Lipinski definition) is 3. The maximum absolute atomic E-state index is 6.71. The van der Waals surface area contributed by atoms with Gasteiger partial charge in [-0.25, -0.2) is 0 Å². The molecule has 0 saturated carbocycles. The fraction of sp³-hybridized carbons (Fsp3) is 0.0294. The molecule has 15 rings (SSSR count). The van der Waals surface area contributed by atoms with Gasteiger partial charge >= 0.3 is 0 Å². The minimum atomic E-state index is -0.599. The Balaban J connectivity index is 0.939. The molecular formula is C68H43NO2. The standard InChI is InChI=1S/C68H43NO2/c1-2-19-45(20-3-1)48-21-6-13-31-60(48)69(61-32-18-30-58-66(61)51-23-5-8-25-53(51)67(58)54-26-9-14-33-62(54)70-63-34-15-10-27-55(63)67)47-40-37-44(38-41-47)46-39-42-50-49-22-4-7-24-52(49)68(59(50)43-46)56-28-11-16-35-64(56)71-65-36-17-12-29-57(65)68/h1-43H. The number of para-hydroxylation sites is 5. The summed E-state index contributed by atoms with van der Waals surface area (Å²) in [6.07, 6.45) is 0. The van der Waals surface area contributed by atoms with Gasteiger partial charge in [0.15, 0.2) is 0 Å². The third-order valence-corrected chi connectivity index (χ3v) is 15.6. The van der Waals surface area contributed by atoms with Gasteiger partial charge in [-0.05, 0) is 110 Å². The van der Waals surface area contributed by atoms with Crippen LogP contribution in [0.15, 0.2) is 261 Å². The molecule has 0 aromatic heterocycles. The molecule has 0 N–H and O–H groups in total. The average Bonchev–Trinajstić information content (AvgIpc) is 3.90. The van der Waals surface area contributed by atoms with Crippen LogP contribution in [-0.2, 0) is 10.8 Å². The van der Waals surface area contributed by atoms with E-state index in [1.54, 1.807) is 0 Å². The van der Waals surface area contributed by atoms with E-state index in [2.05, 4.69) is 266 Å². The molecule has 2 spiro atoms. The van der Waals surface area contributed by atoms with Gasteiger partial charge in [0.25, 0.3) is 0 Å². The summed E-state index contributed by atoms with van der Waals surface area (Å²) in [5.41, 5.74) is 21.3. The third-order valence-electron chi connectivity index (χ3n) is 15.6. The Kier molecular flexibility index (Phi) is 8.49. The van der Waals surface area contributed by atoms with E-state index in [9.17, 15) is 0 Å². The van der Waals surface area contributed by atoms with Gasteiger partial charge in [0.1, 0.15) is 23.0 Å². The summed E-state index contributed by atoms with van der Waals surface area (Å²) in [4.78, 5) is 2.49. The van der Waals surface area contributed by atoms with Crippen molar-refractivity contribution in [3.63, 3.8) is 0 Å². The van der Waals surface area contributed by atoms with E-state index >= 15 is 0 Å². The second-order valence-corrected chi connectivity index (χ2v) is 19.0. The second kappa shape index (κ2) is 15.2. The number of rotatable bonds is 5. The highest BCUT2D eigenvalue weighted by Crippen LogP contribution is 2.65. The molecule has 0 fully saturated rings. The van der Waals surface area contributed by atoms with Crippen LogP contribution in [0.25, 0.3) is 44.5 Å². The summed E-state index contributed by atoms with van der Waals surface area (Å²) in [6, 6.07) is 95.1. The molecule has 11 aromatic carbocycles. The van der Waals surface area contributed by atoms with Crippen molar-refractivity contribution in [2.45, 2.75) is 10.8 Å². The number of nitrogens with zero attached hydrogens (tertiary/aromatic N) is 1. The molecule has 3 heteroatoms. The van der Waals surface area contributed by atoms with Crippen molar-refractivity contribution in [2.24, 2.45) is 0 Å². The minimum absolute atomic E-state index is 0.544. The Morgan fingerprint density at radius 1 is 0.254 bits per heavy atom. The summed E-state index contributed by atoms with van der Waals surface area (Å²) < 4.78 is 13.4. The largest absolute Gasteiger partial charge is 0.457 e. The van der Waals surface area contributed by atoms with Gasteiger partial charge in [0.05, 0.1) is 22.2 Å². The van der Waals surface area contributed by atoms with Crippen molar-refractivity contribution < 1.29 is 9.47 Å². The van der Waals surface area contributed by atoms with Crippen LogP contribution in [0, 0.1) is 0 Å². The highest BCUT2D eigenvalue weighted by molar-refractivity contribution is 6.00. The summed E-state index contributed by atoms with van der Waals surface area (Å²) in [6.45, 7) is 0. The third kappa shape index (κ3) is 5.43. The molecule has 4 aliphatic rings. The van der Waals surface area contributed by atoms with Gasteiger partial charge < -0.3 is 14.4 Å². The van der Waals surface area contributed by atoms with Crippen LogP contribution in [-0.4, -0.2) is 0 Å². The monoisotopic (exact) mass is 905 g/mol. The maximum atomic E-state index is 6.71. The molecule has 11 aromatic rings. The van der Waals surface area contributed by atoms with Crippen molar-refractivity contribution in [1.82, 2.24) is 0 Å². The van der Waals surface area contributed by atoms with Gasteiger partial charge in [0.2, 0.25) is 0 Å². The molecule has 0 saturated heterocycles. The van der Waals surface area contributed by atoms with E-state index in [1.807, 2.05) is 0 Å². The number of hydrogen-bond donors (Lipinski definition) is 0. The molecule has 71 heavy (non-hydrogen) atoms. The molecule has 0 amide bonds. The molecule has 2 aliphatic heterocycles. The highest BCUT2D eigenvalue weighted by atomic mass is 16.5. The lowest BCUT2D eigenvalue weighted by Crippen LogP contribution is -2.32. The predicted octanol–water partition coefficient (Wildman–Crippen LogP) is 17.4. The first-order valence-electron chi connectivity index (χ1n) is 24.5. The molecular weight excluding hydrogens is 863 g/mol. The van der Waals surface area contributed by atoms with Crippen LogP contribution >= 0.6 is 0 Å². The van der Waals surface area contributed by atoms with Crippen molar-refractivity contribution >= 4 is 17.1 Å². The SMILES string of the molecule is c1ccc(-c2ccccc2N(c2ccc(-c3ccc4c(c3)C3(c5ccccc5Oc5ccccc53)c3ccccc3-4)cc2)c2cccc3c2-c2ccccc2C32c3ccccc3Oc3ccccc32)cc1. The van der Waals surface area contributed by atoms with Crippen molar-refractivity contribution in [2.75, 3.05) is 4.90 Å². The predicted molar refractivity (Wildman–Crippen MR) is 287 cm³/mol. The quantitative estimate of drug-likeness (QED) is 0.172. The van der Waals surface area contributed by atoms with Gasteiger partial charge in [-0.2, -0.15) is 0 Å². The first-order valence-corrected chi connectivity index (χ1v) is 24.5. The number of ether oxygens (including phenoxy) is 2. The summed E-state index contributed by atoms with van der Waals surface area (Å²) in [5.74, 6) is 3.55. The molecule has 332 valence electrons. The Morgan fingerprint density at radius 2 is 0.676 bits per heavy atom. The molecule has 0 atom stereocenters. The molecule has 2 heterocycles. The average molecular weight is 906 g/mol. The Hall–Kier alpha value is -9.18. The van der Waals surface area contributed by atoms with Crippen molar-refractivity contribution in [3.05, 3.63) is 305 Å². The summed E-state index contributed by atoms with van der Waals surface area (Å²) in [5, 5.41) is 0. The zero-order chi connectivity index (χ0) is 46.7. The van der Waals surface area contributed by atoms with E-state index in [4.69, 9.17) is 9.47 Å². The fourth-order valence-corrected chi connectivity index (χ4v) is 12.8.